The Balaban J connectivity index is 1.94. The molecule has 2 aromatic carbocycles. The molecule has 0 atom stereocenters. The summed E-state index contributed by atoms with van der Waals surface area (Å²) in [5, 5.41) is 0. The third-order valence-electron chi connectivity index (χ3n) is 3.07. The lowest BCUT2D eigenvalue weighted by molar-refractivity contribution is 0.458. The Morgan fingerprint density at radius 1 is 0.950 bits per heavy atom. The highest BCUT2D eigenvalue weighted by Gasteiger charge is 2.07. The molecule has 20 heavy (non-hydrogen) atoms. The molecule has 3 rings (SSSR count). The highest BCUT2D eigenvalue weighted by Crippen LogP contribution is 2.24. The molecule has 0 amide bonds. The molecule has 0 aliphatic rings. The first kappa shape index (κ1) is 12.6. The number of rotatable bonds is 3. The monoisotopic (exact) mass is 265 g/mol. The van der Waals surface area contributed by atoms with Crippen molar-refractivity contribution in [3.05, 3.63) is 59.8 Å². The summed E-state index contributed by atoms with van der Waals surface area (Å²) in [5.74, 6) is 1.26. The van der Waals surface area contributed by atoms with Crippen molar-refractivity contribution in [1.29, 1.82) is 0 Å². The Morgan fingerprint density at radius 2 is 1.60 bits per heavy atom. The molecule has 2 N–H and O–H groups in total. The average molecular weight is 265 g/mol. The minimum absolute atomic E-state index is 0.523. The predicted octanol–water partition coefficient (Wildman–Crippen LogP) is 3.19. The second kappa shape index (κ2) is 5.27. The third-order valence-corrected chi connectivity index (χ3v) is 3.07. The molecule has 100 valence electrons. The molecule has 0 aliphatic heterocycles. The van der Waals surface area contributed by atoms with E-state index in [1.165, 1.54) is 0 Å². The molecule has 0 unspecified atom stereocenters. The summed E-state index contributed by atoms with van der Waals surface area (Å²) in [6, 6.07) is 15.4. The van der Waals surface area contributed by atoms with Gasteiger partial charge >= 0.3 is 0 Å². The highest BCUT2D eigenvalue weighted by atomic mass is 16.5. The van der Waals surface area contributed by atoms with Crippen LogP contribution in [0.1, 0.15) is 11.3 Å². The van der Waals surface area contributed by atoms with E-state index in [4.69, 9.17) is 10.5 Å². The number of para-hydroxylation sites is 2. The number of nitrogens with two attached hydrogens (primary N) is 1. The Labute approximate surface area is 117 Å². The van der Waals surface area contributed by atoms with E-state index in [0.29, 0.717) is 12.4 Å². The standard InChI is InChI=1S/C16H15N3O/c1-11-16(19-15-5-3-2-4-14(15)18-11)20-13-8-6-12(10-17)7-9-13/h2-9H,10,17H2,1H3. The van der Waals surface area contributed by atoms with Crippen LogP contribution in [0.2, 0.25) is 0 Å². The molecule has 1 aromatic heterocycles. The lowest BCUT2D eigenvalue weighted by Crippen LogP contribution is -1.97. The van der Waals surface area contributed by atoms with E-state index >= 15 is 0 Å². The van der Waals surface area contributed by atoms with Crippen molar-refractivity contribution in [3.8, 4) is 11.6 Å². The smallest absolute Gasteiger partial charge is 0.241 e. The van der Waals surface area contributed by atoms with Gasteiger partial charge in [0.05, 0.1) is 11.0 Å². The van der Waals surface area contributed by atoms with Gasteiger partial charge in [0.15, 0.2) is 0 Å². The van der Waals surface area contributed by atoms with Crippen LogP contribution >= 0.6 is 0 Å². The zero-order valence-corrected chi connectivity index (χ0v) is 11.2. The van der Waals surface area contributed by atoms with E-state index in [0.717, 1.165) is 28.0 Å². The Kier molecular flexibility index (Phi) is 3.31. The van der Waals surface area contributed by atoms with Crippen molar-refractivity contribution < 1.29 is 4.74 Å². The summed E-state index contributed by atoms with van der Waals surface area (Å²) in [7, 11) is 0. The van der Waals surface area contributed by atoms with Gasteiger partial charge in [-0.1, -0.05) is 24.3 Å². The minimum Gasteiger partial charge on any atom is -0.437 e. The molecule has 0 spiro atoms. The Bertz CT molecular complexity index is 738. The van der Waals surface area contributed by atoms with E-state index < -0.39 is 0 Å². The van der Waals surface area contributed by atoms with Crippen molar-refractivity contribution in [2.75, 3.05) is 0 Å². The predicted molar refractivity (Wildman–Crippen MR) is 78.7 cm³/mol. The molecule has 0 saturated carbocycles. The van der Waals surface area contributed by atoms with Crippen LogP contribution in [0.3, 0.4) is 0 Å². The van der Waals surface area contributed by atoms with Crippen LogP contribution in [0.15, 0.2) is 48.5 Å². The summed E-state index contributed by atoms with van der Waals surface area (Å²) < 4.78 is 5.80. The second-order valence-corrected chi connectivity index (χ2v) is 4.55. The van der Waals surface area contributed by atoms with Gasteiger partial charge in [0.25, 0.3) is 0 Å². The number of hydrogen-bond acceptors (Lipinski definition) is 4. The largest absolute Gasteiger partial charge is 0.437 e. The van der Waals surface area contributed by atoms with Crippen LogP contribution in [0.5, 0.6) is 11.6 Å². The van der Waals surface area contributed by atoms with Gasteiger partial charge in [-0.3, -0.25) is 0 Å². The summed E-state index contributed by atoms with van der Waals surface area (Å²) in [4.78, 5) is 9.00. The molecule has 4 nitrogen and oxygen atoms in total. The van der Waals surface area contributed by atoms with Crippen LogP contribution in [0.4, 0.5) is 0 Å². The topological polar surface area (TPSA) is 61.0 Å². The molecular weight excluding hydrogens is 250 g/mol. The maximum atomic E-state index is 5.80. The molecule has 0 radical (unpaired) electrons. The summed E-state index contributed by atoms with van der Waals surface area (Å²) in [6.45, 7) is 2.41. The Hall–Kier alpha value is -2.46. The fourth-order valence-corrected chi connectivity index (χ4v) is 1.97. The number of hydrogen-bond donors (Lipinski definition) is 1. The van der Waals surface area contributed by atoms with E-state index in [1.807, 2.05) is 55.5 Å². The van der Waals surface area contributed by atoms with Crippen LogP contribution in [0.25, 0.3) is 11.0 Å². The molecule has 0 saturated heterocycles. The van der Waals surface area contributed by atoms with Crippen LogP contribution in [0, 0.1) is 6.92 Å². The first-order valence-electron chi connectivity index (χ1n) is 6.46. The van der Waals surface area contributed by atoms with Crippen molar-refractivity contribution >= 4 is 11.0 Å². The maximum Gasteiger partial charge on any atom is 0.241 e. The zero-order chi connectivity index (χ0) is 13.9. The van der Waals surface area contributed by atoms with Gasteiger partial charge in [-0.25, -0.2) is 9.97 Å². The molecule has 0 fully saturated rings. The van der Waals surface area contributed by atoms with Crippen molar-refractivity contribution in [2.45, 2.75) is 13.5 Å². The van der Waals surface area contributed by atoms with Gasteiger partial charge in [-0.15, -0.1) is 0 Å². The van der Waals surface area contributed by atoms with Crippen molar-refractivity contribution in [2.24, 2.45) is 5.73 Å². The normalized spacial score (nSPS) is 10.7. The van der Waals surface area contributed by atoms with E-state index in [9.17, 15) is 0 Å². The third kappa shape index (κ3) is 2.46. The van der Waals surface area contributed by atoms with Crippen molar-refractivity contribution in [3.63, 3.8) is 0 Å². The number of fused-ring (bicyclic) bond motifs is 1. The van der Waals surface area contributed by atoms with Crippen molar-refractivity contribution in [1.82, 2.24) is 9.97 Å². The van der Waals surface area contributed by atoms with E-state index in [1.54, 1.807) is 0 Å². The zero-order valence-electron chi connectivity index (χ0n) is 11.2. The molecule has 0 bridgehead atoms. The van der Waals surface area contributed by atoms with Gasteiger partial charge in [0.1, 0.15) is 11.4 Å². The number of aryl methyl sites for hydroxylation is 1. The van der Waals surface area contributed by atoms with Crippen LogP contribution in [-0.4, -0.2) is 9.97 Å². The first-order valence-corrected chi connectivity index (χ1v) is 6.46. The van der Waals surface area contributed by atoms with E-state index in [2.05, 4.69) is 9.97 Å². The summed E-state index contributed by atoms with van der Waals surface area (Å²) >= 11 is 0. The fourth-order valence-electron chi connectivity index (χ4n) is 1.97. The van der Waals surface area contributed by atoms with Crippen LogP contribution in [-0.2, 0) is 6.54 Å². The molecule has 3 aromatic rings. The number of ether oxygens (including phenoxy) is 1. The van der Waals surface area contributed by atoms with Gasteiger partial charge in [-0.2, -0.15) is 0 Å². The SMILES string of the molecule is Cc1nc2ccccc2nc1Oc1ccc(CN)cc1. The number of nitrogens with zero attached hydrogens (tertiary/aromatic N) is 2. The number of aromatic nitrogens is 2. The highest BCUT2D eigenvalue weighted by molar-refractivity contribution is 5.74. The number of benzene rings is 2. The van der Waals surface area contributed by atoms with Gasteiger partial charge in [-0.05, 0) is 36.8 Å². The molecule has 1 heterocycles. The Morgan fingerprint density at radius 3 is 2.25 bits per heavy atom. The molecule has 0 aliphatic carbocycles. The first-order chi connectivity index (χ1) is 9.76. The minimum atomic E-state index is 0.523. The van der Waals surface area contributed by atoms with Gasteiger partial charge in [0.2, 0.25) is 5.88 Å². The summed E-state index contributed by atoms with van der Waals surface area (Å²) in [5.41, 5.74) is 9.11. The fraction of sp³-hybridized carbons (Fsp3) is 0.125. The lowest BCUT2D eigenvalue weighted by Gasteiger charge is -2.08. The maximum absolute atomic E-state index is 5.80. The quantitative estimate of drug-likeness (QED) is 0.790. The molecular formula is C16H15N3O. The van der Waals surface area contributed by atoms with E-state index in [-0.39, 0.29) is 0 Å². The van der Waals surface area contributed by atoms with Gasteiger partial charge in [0, 0.05) is 6.54 Å². The average Bonchev–Trinajstić information content (AvgIpc) is 2.49. The van der Waals surface area contributed by atoms with Crippen LogP contribution < -0.4 is 10.5 Å². The summed E-state index contributed by atoms with van der Waals surface area (Å²) in [6.07, 6.45) is 0. The second-order valence-electron chi connectivity index (χ2n) is 4.55. The van der Waals surface area contributed by atoms with Gasteiger partial charge < -0.3 is 10.5 Å². The lowest BCUT2D eigenvalue weighted by atomic mass is 10.2. The molecule has 4 heteroatoms.